The number of aromatic nitrogens is 4. The molecule has 0 aliphatic carbocycles. The molecule has 0 unspecified atom stereocenters. The van der Waals surface area contributed by atoms with Crippen molar-refractivity contribution in [2.45, 2.75) is 6.61 Å². The number of carbonyl (C=O) groups excluding carboxylic acids is 1. The van der Waals surface area contributed by atoms with E-state index in [-0.39, 0.29) is 27.8 Å². The van der Waals surface area contributed by atoms with Crippen molar-refractivity contribution < 1.29 is 13.9 Å². The molecule has 0 saturated heterocycles. The lowest BCUT2D eigenvalue weighted by molar-refractivity contribution is 0.0461. The molecule has 4 rings (SSSR count). The quantitative estimate of drug-likeness (QED) is 0.375. The number of fused-ring (bicyclic) bond motifs is 3. The van der Waals surface area contributed by atoms with Crippen molar-refractivity contribution >= 4 is 45.9 Å². The van der Waals surface area contributed by atoms with Crippen molar-refractivity contribution in [3.05, 3.63) is 74.0 Å². The normalized spacial score (nSPS) is 11.3. The molecule has 0 amide bonds. The van der Waals surface area contributed by atoms with E-state index in [9.17, 15) is 14.0 Å². The van der Waals surface area contributed by atoms with Gasteiger partial charge in [-0.1, -0.05) is 35.3 Å². The van der Waals surface area contributed by atoms with E-state index in [1.807, 2.05) is 0 Å². The number of nitrogens with zero attached hydrogens (tertiary/aromatic N) is 4. The van der Waals surface area contributed by atoms with Crippen LogP contribution in [0.4, 0.5) is 4.39 Å². The summed E-state index contributed by atoms with van der Waals surface area (Å²) in [7, 11) is 1.57. The Morgan fingerprint density at radius 3 is 2.71 bits per heavy atom. The van der Waals surface area contributed by atoms with Crippen molar-refractivity contribution in [1.29, 1.82) is 0 Å². The zero-order valence-electron chi connectivity index (χ0n) is 14.3. The first-order chi connectivity index (χ1) is 13.4. The number of aryl methyl sites for hydroxylation is 1. The van der Waals surface area contributed by atoms with Gasteiger partial charge in [-0.15, -0.1) is 10.2 Å². The molecule has 0 N–H and O–H groups in total. The molecule has 2 aromatic carbocycles. The van der Waals surface area contributed by atoms with Crippen molar-refractivity contribution in [3.8, 4) is 0 Å². The molecule has 0 fully saturated rings. The van der Waals surface area contributed by atoms with Crippen LogP contribution in [0, 0.1) is 5.82 Å². The summed E-state index contributed by atoms with van der Waals surface area (Å²) in [5, 5.41) is 8.26. The van der Waals surface area contributed by atoms with Gasteiger partial charge in [0.15, 0.2) is 12.4 Å². The van der Waals surface area contributed by atoms with E-state index in [1.165, 1.54) is 4.57 Å². The van der Waals surface area contributed by atoms with E-state index < -0.39 is 11.8 Å². The van der Waals surface area contributed by atoms with E-state index in [4.69, 9.17) is 27.9 Å². The summed E-state index contributed by atoms with van der Waals surface area (Å²) >= 11 is 11.6. The maximum absolute atomic E-state index is 13.6. The fraction of sp³-hybridized carbons (Fsp3) is 0.111. The first-order valence-electron chi connectivity index (χ1n) is 8.02. The van der Waals surface area contributed by atoms with Crippen LogP contribution in [0.5, 0.6) is 0 Å². The van der Waals surface area contributed by atoms with Crippen molar-refractivity contribution in [2.75, 3.05) is 0 Å². The van der Waals surface area contributed by atoms with Crippen LogP contribution in [-0.4, -0.2) is 25.1 Å². The topological polar surface area (TPSA) is 78.5 Å². The Balaban J connectivity index is 1.73. The second kappa shape index (κ2) is 6.88. The van der Waals surface area contributed by atoms with Gasteiger partial charge in [-0.2, -0.15) is 0 Å². The van der Waals surface area contributed by atoms with E-state index in [0.717, 1.165) is 12.1 Å². The van der Waals surface area contributed by atoms with Gasteiger partial charge in [-0.3, -0.25) is 13.8 Å². The monoisotopic (exact) mass is 420 g/mol. The van der Waals surface area contributed by atoms with Gasteiger partial charge in [-0.25, -0.2) is 9.18 Å². The predicted octanol–water partition coefficient (Wildman–Crippen LogP) is 3.38. The number of benzene rings is 2. The third-order valence-electron chi connectivity index (χ3n) is 4.26. The zero-order valence-corrected chi connectivity index (χ0v) is 15.8. The number of carbonyl (C=O) groups is 1. The van der Waals surface area contributed by atoms with Gasteiger partial charge in [0.25, 0.3) is 5.56 Å². The number of halogens is 3. The summed E-state index contributed by atoms with van der Waals surface area (Å²) in [6.07, 6.45) is 0. The average Bonchev–Trinajstić information content (AvgIpc) is 3.11. The maximum Gasteiger partial charge on any atom is 0.340 e. The summed E-state index contributed by atoms with van der Waals surface area (Å²) in [6.45, 7) is -0.261. The highest BCUT2D eigenvalue weighted by Crippen LogP contribution is 2.25. The first-order valence-corrected chi connectivity index (χ1v) is 8.77. The van der Waals surface area contributed by atoms with E-state index in [1.54, 1.807) is 35.7 Å². The summed E-state index contributed by atoms with van der Waals surface area (Å²) < 4.78 is 21.8. The van der Waals surface area contributed by atoms with Crippen LogP contribution >= 0.6 is 23.2 Å². The van der Waals surface area contributed by atoms with Gasteiger partial charge in [-0.05, 0) is 24.3 Å². The van der Waals surface area contributed by atoms with E-state index in [0.29, 0.717) is 22.5 Å². The van der Waals surface area contributed by atoms with Gasteiger partial charge in [0.05, 0.1) is 26.5 Å². The van der Waals surface area contributed by atoms with Crippen LogP contribution in [0.25, 0.3) is 16.7 Å². The Morgan fingerprint density at radius 2 is 1.93 bits per heavy atom. The van der Waals surface area contributed by atoms with Crippen LogP contribution in [0.1, 0.15) is 16.2 Å². The molecule has 0 aliphatic rings. The maximum atomic E-state index is 13.6. The molecule has 10 heteroatoms. The molecule has 0 atom stereocenters. The lowest BCUT2D eigenvalue weighted by Crippen LogP contribution is -2.20. The van der Waals surface area contributed by atoms with Crippen LogP contribution in [0.2, 0.25) is 10.0 Å². The van der Waals surface area contributed by atoms with Gasteiger partial charge in [0, 0.05) is 7.05 Å². The molecule has 142 valence electrons. The summed E-state index contributed by atoms with van der Waals surface area (Å²) in [5.41, 5.74) is 0.198. The Morgan fingerprint density at radius 1 is 1.18 bits per heavy atom. The number of ether oxygens (including phenoxy) is 1. The number of para-hydroxylation sites is 1. The summed E-state index contributed by atoms with van der Waals surface area (Å²) in [6, 6.07) is 8.98. The average molecular weight is 421 g/mol. The van der Waals surface area contributed by atoms with E-state index >= 15 is 0 Å². The molecule has 0 bridgehead atoms. The standard InChI is InChI=1S/C18H11Cl2FN4O3/c1-24-16(26)9-4-2-3-5-14(9)25-15(22-23-18(24)25)8-28-17(27)10-6-13(21)12(20)7-11(10)19/h2-7H,8H2,1H3. The lowest BCUT2D eigenvalue weighted by Gasteiger charge is -2.09. The minimum atomic E-state index is -0.841. The first kappa shape index (κ1) is 18.4. The molecular weight excluding hydrogens is 410 g/mol. The van der Waals surface area contributed by atoms with Crippen LogP contribution in [0.15, 0.2) is 41.2 Å². The second-order valence-electron chi connectivity index (χ2n) is 5.96. The minimum absolute atomic E-state index is 0.0321. The lowest BCUT2D eigenvalue weighted by atomic mass is 10.2. The Hall–Kier alpha value is -2.97. The number of hydrogen-bond acceptors (Lipinski definition) is 5. The Kier molecular flexibility index (Phi) is 4.52. The number of rotatable bonds is 3. The fourth-order valence-corrected chi connectivity index (χ4v) is 3.33. The summed E-state index contributed by atoms with van der Waals surface area (Å²) in [4.78, 5) is 24.8. The van der Waals surface area contributed by atoms with Crippen molar-refractivity contribution in [3.63, 3.8) is 0 Å². The molecule has 0 aliphatic heterocycles. The smallest absolute Gasteiger partial charge is 0.340 e. The molecule has 4 aromatic rings. The highest BCUT2D eigenvalue weighted by molar-refractivity contribution is 6.36. The third-order valence-corrected chi connectivity index (χ3v) is 4.86. The van der Waals surface area contributed by atoms with Gasteiger partial charge in [0.1, 0.15) is 5.82 Å². The van der Waals surface area contributed by atoms with Crippen molar-refractivity contribution in [1.82, 2.24) is 19.2 Å². The van der Waals surface area contributed by atoms with Gasteiger partial charge < -0.3 is 4.74 Å². The fourth-order valence-electron chi connectivity index (χ4n) is 2.87. The van der Waals surface area contributed by atoms with Crippen LogP contribution < -0.4 is 5.56 Å². The van der Waals surface area contributed by atoms with Crippen molar-refractivity contribution in [2.24, 2.45) is 7.05 Å². The number of esters is 1. The van der Waals surface area contributed by atoms with Gasteiger partial charge in [0.2, 0.25) is 5.78 Å². The third kappa shape index (κ3) is 2.90. The number of hydrogen-bond donors (Lipinski definition) is 0. The predicted molar refractivity (Wildman–Crippen MR) is 101 cm³/mol. The highest BCUT2D eigenvalue weighted by Gasteiger charge is 2.19. The highest BCUT2D eigenvalue weighted by atomic mass is 35.5. The molecular formula is C18H11Cl2FN4O3. The second-order valence-corrected chi connectivity index (χ2v) is 6.77. The minimum Gasteiger partial charge on any atom is -0.454 e. The molecule has 2 aromatic heterocycles. The zero-order chi connectivity index (χ0) is 20.0. The Labute approximate surface area is 166 Å². The molecule has 7 nitrogen and oxygen atoms in total. The Bertz CT molecular complexity index is 1320. The molecule has 0 radical (unpaired) electrons. The molecule has 0 spiro atoms. The van der Waals surface area contributed by atoms with E-state index in [2.05, 4.69) is 10.2 Å². The molecule has 0 saturated carbocycles. The SMILES string of the molecule is Cn1c(=O)c2ccccc2n2c(COC(=O)c3cc(F)c(Cl)cc3Cl)nnc12. The molecule has 28 heavy (non-hydrogen) atoms. The summed E-state index contributed by atoms with van der Waals surface area (Å²) in [5.74, 6) is -1.04. The largest absolute Gasteiger partial charge is 0.454 e. The molecule has 2 heterocycles. The van der Waals surface area contributed by atoms with Gasteiger partial charge >= 0.3 is 5.97 Å². The van der Waals surface area contributed by atoms with Crippen LogP contribution in [-0.2, 0) is 18.4 Å². The van der Waals surface area contributed by atoms with Crippen LogP contribution in [0.3, 0.4) is 0 Å².